The largest absolute Gasteiger partial charge is 0.384 e. The van der Waals surface area contributed by atoms with Crippen LogP contribution in [0.4, 0.5) is 10.8 Å². The van der Waals surface area contributed by atoms with Crippen LogP contribution in [0.5, 0.6) is 0 Å². The Morgan fingerprint density at radius 2 is 2.28 bits per heavy atom. The molecule has 1 N–H and O–H groups in total. The third-order valence-electron chi connectivity index (χ3n) is 3.54. The fourth-order valence-electron chi connectivity index (χ4n) is 2.68. The summed E-state index contributed by atoms with van der Waals surface area (Å²) in [4.78, 5) is 2.49. The van der Waals surface area contributed by atoms with Crippen molar-refractivity contribution in [3.05, 3.63) is 18.2 Å². The van der Waals surface area contributed by atoms with Gasteiger partial charge in [0, 0.05) is 13.0 Å². The van der Waals surface area contributed by atoms with Crippen molar-refractivity contribution in [2.45, 2.75) is 26.8 Å². The third-order valence-corrected chi connectivity index (χ3v) is 4.83. The summed E-state index contributed by atoms with van der Waals surface area (Å²) in [7, 11) is 0. The second kappa shape index (κ2) is 4.76. The van der Waals surface area contributed by atoms with E-state index in [1.54, 1.807) is 0 Å². The standard InChI is InChI=1S/C14H20N3S/c1-3-15-11-7-5-8-12-13(11)18-14-16(4-2)9-6-10-17(12)14/h5,7-8,15H,3-4,6,9-10H2,1-2H3/q+1. The SMILES string of the molecule is CCNc1cccc2c1sc1[n+]2CCCN1CC. The molecule has 1 aromatic heterocycles. The van der Waals surface area contributed by atoms with Crippen molar-refractivity contribution in [3.8, 4) is 0 Å². The van der Waals surface area contributed by atoms with Crippen LogP contribution in [-0.2, 0) is 6.54 Å². The van der Waals surface area contributed by atoms with Gasteiger partial charge >= 0.3 is 5.13 Å². The van der Waals surface area contributed by atoms with Crippen LogP contribution in [0.15, 0.2) is 18.2 Å². The molecule has 2 aromatic rings. The fraction of sp³-hybridized carbons (Fsp3) is 0.500. The first-order chi connectivity index (χ1) is 8.85. The van der Waals surface area contributed by atoms with Crippen LogP contribution >= 0.6 is 11.3 Å². The third kappa shape index (κ3) is 1.75. The Hall–Kier alpha value is -1.29. The predicted octanol–water partition coefficient (Wildman–Crippen LogP) is 2.85. The van der Waals surface area contributed by atoms with Crippen molar-refractivity contribution < 1.29 is 4.57 Å². The van der Waals surface area contributed by atoms with Gasteiger partial charge in [0.05, 0.1) is 25.3 Å². The first-order valence-electron chi connectivity index (χ1n) is 6.79. The zero-order chi connectivity index (χ0) is 12.5. The minimum absolute atomic E-state index is 0.976. The maximum Gasteiger partial charge on any atom is 0.337 e. The molecule has 4 heteroatoms. The van der Waals surface area contributed by atoms with E-state index in [4.69, 9.17) is 0 Å². The van der Waals surface area contributed by atoms with Crippen LogP contribution in [-0.4, -0.2) is 19.6 Å². The highest BCUT2D eigenvalue weighted by Gasteiger charge is 2.28. The molecule has 0 bridgehead atoms. The molecule has 0 fully saturated rings. The lowest BCUT2D eigenvalue weighted by molar-refractivity contribution is -0.659. The molecule has 0 spiro atoms. The fourth-order valence-corrected chi connectivity index (χ4v) is 4.05. The maximum atomic E-state index is 3.47. The molecular formula is C14H20N3S+. The Kier molecular flexibility index (Phi) is 3.12. The molecule has 0 radical (unpaired) electrons. The molecule has 18 heavy (non-hydrogen) atoms. The van der Waals surface area contributed by atoms with E-state index >= 15 is 0 Å². The smallest absolute Gasteiger partial charge is 0.337 e. The molecule has 3 nitrogen and oxygen atoms in total. The molecule has 0 amide bonds. The Morgan fingerprint density at radius 3 is 3.06 bits per heavy atom. The number of benzene rings is 1. The van der Waals surface area contributed by atoms with Crippen LogP contribution < -0.4 is 14.8 Å². The van der Waals surface area contributed by atoms with Gasteiger partial charge in [0.15, 0.2) is 0 Å². The second-order valence-electron chi connectivity index (χ2n) is 4.65. The van der Waals surface area contributed by atoms with Crippen molar-refractivity contribution in [1.82, 2.24) is 0 Å². The van der Waals surface area contributed by atoms with Crippen molar-refractivity contribution in [1.29, 1.82) is 0 Å². The van der Waals surface area contributed by atoms with Crippen LogP contribution in [0, 0.1) is 0 Å². The molecular weight excluding hydrogens is 242 g/mol. The number of aromatic nitrogens is 1. The Balaban J connectivity index is 2.18. The van der Waals surface area contributed by atoms with E-state index in [0.717, 1.165) is 19.6 Å². The van der Waals surface area contributed by atoms with Gasteiger partial charge in [0.1, 0.15) is 10.2 Å². The molecule has 1 aliphatic rings. The summed E-state index contributed by atoms with van der Waals surface area (Å²) >= 11 is 1.93. The van der Waals surface area contributed by atoms with Crippen LogP contribution in [0.25, 0.3) is 10.2 Å². The number of nitrogens with zero attached hydrogens (tertiary/aromatic N) is 2. The number of hydrogen-bond donors (Lipinski definition) is 1. The summed E-state index contributed by atoms with van der Waals surface area (Å²) in [5.41, 5.74) is 2.66. The lowest BCUT2D eigenvalue weighted by atomic mass is 10.2. The predicted molar refractivity (Wildman–Crippen MR) is 78.7 cm³/mol. The summed E-state index contributed by atoms with van der Waals surface area (Å²) in [5, 5.41) is 4.89. The molecule has 0 atom stereocenters. The van der Waals surface area contributed by atoms with E-state index in [1.165, 1.54) is 34.0 Å². The maximum absolute atomic E-state index is 3.47. The second-order valence-corrected chi connectivity index (χ2v) is 5.63. The van der Waals surface area contributed by atoms with Crippen molar-refractivity contribution in [2.75, 3.05) is 29.9 Å². The molecule has 2 heterocycles. The zero-order valence-corrected chi connectivity index (χ0v) is 11.9. The van der Waals surface area contributed by atoms with Crippen molar-refractivity contribution >= 4 is 32.4 Å². The quantitative estimate of drug-likeness (QED) is 0.858. The Bertz CT molecular complexity index is 561. The number of thiazole rings is 1. The number of anilines is 2. The highest BCUT2D eigenvalue weighted by Crippen LogP contribution is 2.34. The van der Waals surface area contributed by atoms with Crippen LogP contribution in [0.3, 0.4) is 0 Å². The molecule has 0 unspecified atom stereocenters. The van der Waals surface area contributed by atoms with Gasteiger partial charge in [0.25, 0.3) is 0 Å². The zero-order valence-electron chi connectivity index (χ0n) is 11.1. The van der Waals surface area contributed by atoms with E-state index in [2.05, 4.69) is 46.8 Å². The monoisotopic (exact) mass is 262 g/mol. The summed E-state index contributed by atoms with van der Waals surface area (Å²) in [6, 6.07) is 6.59. The lowest BCUT2D eigenvalue weighted by Crippen LogP contribution is -2.46. The van der Waals surface area contributed by atoms with E-state index in [9.17, 15) is 0 Å². The van der Waals surface area contributed by atoms with Gasteiger partial charge in [-0.3, -0.25) is 4.90 Å². The normalized spacial score (nSPS) is 14.9. The highest BCUT2D eigenvalue weighted by atomic mass is 32.1. The molecule has 0 aliphatic carbocycles. The van der Waals surface area contributed by atoms with Crippen molar-refractivity contribution in [2.24, 2.45) is 0 Å². The first-order valence-corrected chi connectivity index (χ1v) is 7.61. The average Bonchev–Trinajstić information content (AvgIpc) is 2.79. The number of nitrogens with one attached hydrogen (secondary N) is 1. The number of fused-ring (bicyclic) bond motifs is 3. The van der Waals surface area contributed by atoms with E-state index in [0.29, 0.717) is 0 Å². The van der Waals surface area contributed by atoms with Gasteiger partial charge in [-0.1, -0.05) is 6.07 Å². The van der Waals surface area contributed by atoms with E-state index in [-0.39, 0.29) is 0 Å². The minimum Gasteiger partial charge on any atom is -0.384 e. The van der Waals surface area contributed by atoms with E-state index in [1.807, 2.05) is 11.3 Å². The van der Waals surface area contributed by atoms with Gasteiger partial charge in [0.2, 0.25) is 0 Å². The number of rotatable bonds is 3. The van der Waals surface area contributed by atoms with Gasteiger partial charge in [-0.15, -0.1) is 0 Å². The van der Waals surface area contributed by atoms with Gasteiger partial charge in [-0.2, -0.15) is 0 Å². The van der Waals surface area contributed by atoms with Crippen LogP contribution in [0.2, 0.25) is 0 Å². The molecule has 3 rings (SSSR count). The highest BCUT2D eigenvalue weighted by molar-refractivity contribution is 7.22. The first kappa shape index (κ1) is 11.8. The summed E-state index contributed by atoms with van der Waals surface area (Å²) < 4.78 is 3.88. The van der Waals surface area contributed by atoms with Gasteiger partial charge in [-0.25, -0.2) is 4.57 Å². The Morgan fingerprint density at radius 1 is 1.39 bits per heavy atom. The summed E-state index contributed by atoms with van der Waals surface area (Å²) in [6.07, 6.45) is 1.25. The number of aryl methyl sites for hydroxylation is 1. The Labute approximate surface area is 112 Å². The molecule has 0 saturated heterocycles. The van der Waals surface area contributed by atoms with Gasteiger partial charge in [-0.05, 0) is 37.3 Å². The van der Waals surface area contributed by atoms with Crippen molar-refractivity contribution in [3.63, 3.8) is 0 Å². The molecule has 96 valence electrons. The molecule has 1 aromatic carbocycles. The minimum atomic E-state index is 0.976. The number of hydrogen-bond acceptors (Lipinski definition) is 3. The summed E-state index contributed by atoms with van der Waals surface area (Å²) in [5.74, 6) is 0. The topological polar surface area (TPSA) is 19.1 Å². The lowest BCUT2D eigenvalue weighted by Gasteiger charge is -2.19. The van der Waals surface area contributed by atoms with Crippen LogP contribution in [0.1, 0.15) is 20.3 Å². The molecule has 1 aliphatic heterocycles. The van der Waals surface area contributed by atoms with E-state index < -0.39 is 0 Å². The average molecular weight is 262 g/mol. The summed E-state index contributed by atoms with van der Waals surface area (Å²) in [6.45, 7) is 8.82. The van der Waals surface area contributed by atoms with Gasteiger partial charge < -0.3 is 5.32 Å². The molecule has 0 saturated carbocycles.